The van der Waals surface area contributed by atoms with Crippen molar-refractivity contribution in [2.24, 2.45) is 0 Å². The second kappa shape index (κ2) is 4.06. The third kappa shape index (κ3) is 2.32. The maximum absolute atomic E-state index is 5.93. The topological polar surface area (TPSA) is 3.24 Å². The van der Waals surface area contributed by atoms with Crippen LogP contribution < -0.4 is 4.90 Å². The fourth-order valence-corrected chi connectivity index (χ4v) is 1.70. The smallest absolute Gasteiger partial charge is 0.0437 e. The monoisotopic (exact) mass is 201 g/mol. The molecule has 0 aliphatic rings. The zero-order chi connectivity index (χ0) is 9.14. The van der Waals surface area contributed by atoms with Gasteiger partial charge in [0.15, 0.2) is 0 Å². The first kappa shape index (κ1) is 9.75. The highest BCUT2D eigenvalue weighted by molar-refractivity contribution is 7.98. The molecule has 0 saturated heterocycles. The van der Waals surface area contributed by atoms with Crippen molar-refractivity contribution < 1.29 is 0 Å². The summed E-state index contributed by atoms with van der Waals surface area (Å²) in [5, 5.41) is 0.797. The van der Waals surface area contributed by atoms with Gasteiger partial charge in [-0.2, -0.15) is 0 Å². The molecule has 0 aliphatic heterocycles. The molecule has 1 rings (SSSR count). The average molecular weight is 202 g/mol. The Hall–Kier alpha value is -0.340. The van der Waals surface area contributed by atoms with E-state index in [9.17, 15) is 0 Å². The predicted molar refractivity (Wildman–Crippen MR) is 57.6 cm³/mol. The van der Waals surface area contributed by atoms with Crippen LogP contribution in [0.2, 0.25) is 5.02 Å². The molecule has 0 saturated carbocycles. The third-order valence-electron chi connectivity index (χ3n) is 1.61. The molecule has 1 aromatic rings. The van der Waals surface area contributed by atoms with Crippen molar-refractivity contribution >= 4 is 29.1 Å². The maximum atomic E-state index is 5.93. The Morgan fingerprint density at radius 3 is 2.42 bits per heavy atom. The van der Waals surface area contributed by atoms with E-state index in [1.54, 1.807) is 11.8 Å². The van der Waals surface area contributed by atoms with Crippen LogP contribution in [0.4, 0.5) is 5.69 Å². The summed E-state index contributed by atoms with van der Waals surface area (Å²) in [5.41, 5.74) is 1.15. The molecule has 0 N–H and O–H groups in total. The first-order chi connectivity index (χ1) is 5.63. The normalized spacial score (nSPS) is 10.0. The lowest BCUT2D eigenvalue weighted by Gasteiger charge is -2.13. The van der Waals surface area contributed by atoms with Crippen LogP contribution in [0.1, 0.15) is 0 Å². The molecule has 66 valence electrons. The van der Waals surface area contributed by atoms with Gasteiger partial charge in [0.1, 0.15) is 0 Å². The number of benzene rings is 1. The molecule has 0 bridgehead atoms. The number of nitrogens with zero attached hydrogens (tertiary/aromatic N) is 1. The average Bonchev–Trinajstić information content (AvgIpc) is 2.03. The Balaban J connectivity index is 3.06. The van der Waals surface area contributed by atoms with Gasteiger partial charge < -0.3 is 4.90 Å². The highest BCUT2D eigenvalue weighted by atomic mass is 35.5. The Morgan fingerprint density at radius 2 is 1.92 bits per heavy atom. The highest BCUT2D eigenvalue weighted by Crippen LogP contribution is 2.26. The van der Waals surface area contributed by atoms with Crippen molar-refractivity contribution in [2.45, 2.75) is 4.90 Å². The van der Waals surface area contributed by atoms with E-state index in [1.165, 1.54) is 4.90 Å². The van der Waals surface area contributed by atoms with Gasteiger partial charge in [0.05, 0.1) is 0 Å². The largest absolute Gasteiger partial charge is 0.378 e. The van der Waals surface area contributed by atoms with E-state index in [-0.39, 0.29) is 0 Å². The second-order valence-electron chi connectivity index (χ2n) is 2.74. The standard InChI is InChI=1S/C9H12ClNS/c1-11(2)8-4-7(10)5-9(6-8)12-3/h4-6H,1-3H3. The summed E-state index contributed by atoms with van der Waals surface area (Å²) in [4.78, 5) is 3.25. The highest BCUT2D eigenvalue weighted by Gasteiger charge is 1.99. The van der Waals surface area contributed by atoms with Crippen LogP contribution in [-0.4, -0.2) is 20.4 Å². The molecule has 1 aromatic carbocycles. The Labute approximate surface area is 82.7 Å². The second-order valence-corrected chi connectivity index (χ2v) is 4.06. The first-order valence-electron chi connectivity index (χ1n) is 3.65. The molecule has 0 spiro atoms. The van der Waals surface area contributed by atoms with E-state index in [4.69, 9.17) is 11.6 Å². The lowest BCUT2D eigenvalue weighted by atomic mass is 10.3. The summed E-state index contributed by atoms with van der Waals surface area (Å²) in [6, 6.07) is 6.05. The summed E-state index contributed by atoms with van der Waals surface area (Å²) in [6.07, 6.45) is 2.05. The molecular weight excluding hydrogens is 190 g/mol. The van der Waals surface area contributed by atoms with Crippen LogP contribution in [0.25, 0.3) is 0 Å². The molecule has 0 radical (unpaired) electrons. The van der Waals surface area contributed by atoms with Crippen molar-refractivity contribution in [1.29, 1.82) is 0 Å². The summed E-state index contributed by atoms with van der Waals surface area (Å²) < 4.78 is 0. The Kier molecular flexibility index (Phi) is 3.29. The van der Waals surface area contributed by atoms with Gasteiger partial charge in [-0.3, -0.25) is 0 Å². The van der Waals surface area contributed by atoms with E-state index in [0.29, 0.717) is 0 Å². The number of hydrogen-bond donors (Lipinski definition) is 0. The minimum absolute atomic E-state index is 0.797. The van der Waals surface area contributed by atoms with Gasteiger partial charge in [-0.15, -0.1) is 11.8 Å². The van der Waals surface area contributed by atoms with Gasteiger partial charge in [0.2, 0.25) is 0 Å². The van der Waals surface area contributed by atoms with Gasteiger partial charge >= 0.3 is 0 Å². The van der Waals surface area contributed by atoms with Crippen molar-refractivity contribution in [1.82, 2.24) is 0 Å². The van der Waals surface area contributed by atoms with Crippen LogP contribution in [0.3, 0.4) is 0 Å². The molecule has 0 fully saturated rings. The van der Waals surface area contributed by atoms with Crippen LogP contribution in [0, 0.1) is 0 Å². The number of anilines is 1. The van der Waals surface area contributed by atoms with Gasteiger partial charge in [-0.25, -0.2) is 0 Å². The Morgan fingerprint density at radius 1 is 1.25 bits per heavy atom. The van der Waals surface area contributed by atoms with Crippen LogP contribution in [-0.2, 0) is 0 Å². The molecule has 0 heterocycles. The number of rotatable bonds is 2. The zero-order valence-electron chi connectivity index (χ0n) is 7.47. The van der Waals surface area contributed by atoms with E-state index in [1.807, 2.05) is 37.4 Å². The summed E-state index contributed by atoms with van der Waals surface area (Å²) in [5.74, 6) is 0. The SMILES string of the molecule is CSc1cc(Cl)cc(N(C)C)c1. The molecule has 0 unspecified atom stereocenters. The third-order valence-corrected chi connectivity index (χ3v) is 2.53. The van der Waals surface area contributed by atoms with Gasteiger partial charge in [-0.1, -0.05) is 11.6 Å². The first-order valence-corrected chi connectivity index (χ1v) is 5.25. The number of hydrogen-bond acceptors (Lipinski definition) is 2. The lowest BCUT2D eigenvalue weighted by Crippen LogP contribution is -2.08. The molecule has 0 aromatic heterocycles. The zero-order valence-corrected chi connectivity index (χ0v) is 9.04. The van der Waals surface area contributed by atoms with Crippen LogP contribution >= 0.6 is 23.4 Å². The maximum Gasteiger partial charge on any atom is 0.0437 e. The summed E-state index contributed by atoms with van der Waals surface area (Å²) in [6.45, 7) is 0. The Bertz CT molecular complexity index is 273. The summed E-state index contributed by atoms with van der Waals surface area (Å²) in [7, 11) is 4.02. The van der Waals surface area contributed by atoms with Crippen LogP contribution in [0.5, 0.6) is 0 Å². The van der Waals surface area contributed by atoms with Crippen LogP contribution in [0.15, 0.2) is 23.1 Å². The quantitative estimate of drug-likeness (QED) is 0.677. The molecule has 1 nitrogen and oxygen atoms in total. The molecular formula is C9H12ClNS. The molecule has 0 amide bonds. The predicted octanol–water partition coefficient (Wildman–Crippen LogP) is 3.13. The van der Waals surface area contributed by atoms with E-state index in [2.05, 4.69) is 6.07 Å². The van der Waals surface area contributed by atoms with E-state index >= 15 is 0 Å². The summed E-state index contributed by atoms with van der Waals surface area (Å²) >= 11 is 7.64. The van der Waals surface area contributed by atoms with Crippen molar-refractivity contribution in [3.05, 3.63) is 23.2 Å². The molecule has 0 aliphatic carbocycles. The lowest BCUT2D eigenvalue weighted by molar-refractivity contribution is 1.12. The van der Waals surface area contributed by atoms with E-state index < -0.39 is 0 Å². The van der Waals surface area contributed by atoms with Gasteiger partial charge in [-0.05, 0) is 24.5 Å². The molecule has 12 heavy (non-hydrogen) atoms. The number of halogens is 1. The van der Waals surface area contributed by atoms with E-state index in [0.717, 1.165) is 10.7 Å². The molecule has 0 atom stereocenters. The van der Waals surface area contributed by atoms with Gasteiger partial charge in [0.25, 0.3) is 0 Å². The van der Waals surface area contributed by atoms with Crippen molar-refractivity contribution in [2.75, 3.05) is 25.3 Å². The van der Waals surface area contributed by atoms with Crippen molar-refractivity contribution in [3.63, 3.8) is 0 Å². The number of thioether (sulfide) groups is 1. The fourth-order valence-electron chi connectivity index (χ4n) is 0.924. The minimum Gasteiger partial charge on any atom is -0.378 e. The minimum atomic E-state index is 0.797. The van der Waals surface area contributed by atoms with Crippen molar-refractivity contribution in [3.8, 4) is 0 Å². The fraction of sp³-hybridized carbons (Fsp3) is 0.333. The van der Waals surface area contributed by atoms with Gasteiger partial charge in [0, 0.05) is 29.7 Å². The molecule has 3 heteroatoms.